The molecule has 0 saturated heterocycles. The highest BCUT2D eigenvalue weighted by molar-refractivity contribution is 5.99. The minimum Gasteiger partial charge on any atom is -0.491 e. The van der Waals surface area contributed by atoms with Gasteiger partial charge in [0.15, 0.2) is 5.65 Å². The summed E-state index contributed by atoms with van der Waals surface area (Å²) in [6, 6.07) is 20.8. The van der Waals surface area contributed by atoms with Crippen LogP contribution < -0.4 is 4.74 Å². The molecule has 37 heavy (non-hydrogen) atoms. The summed E-state index contributed by atoms with van der Waals surface area (Å²) >= 11 is 0. The molecule has 7 nitrogen and oxygen atoms in total. The van der Waals surface area contributed by atoms with E-state index in [0.29, 0.717) is 36.8 Å². The van der Waals surface area contributed by atoms with Gasteiger partial charge in [0.05, 0.1) is 12.1 Å². The smallest absolute Gasteiger partial charge is 0.257 e. The van der Waals surface area contributed by atoms with Crippen molar-refractivity contribution in [2.75, 3.05) is 33.3 Å². The summed E-state index contributed by atoms with van der Waals surface area (Å²) in [4.78, 5) is 18.0. The number of rotatable bonds is 2. The number of fused-ring (bicyclic) bond motifs is 2. The Kier molecular flexibility index (Phi) is 7.80. The van der Waals surface area contributed by atoms with Crippen molar-refractivity contribution in [2.24, 2.45) is 0 Å². The van der Waals surface area contributed by atoms with Gasteiger partial charge >= 0.3 is 0 Å². The number of aryl methyl sites for hydroxylation is 1. The summed E-state index contributed by atoms with van der Waals surface area (Å²) < 4.78 is 8.05. The fourth-order valence-corrected chi connectivity index (χ4v) is 5.22. The van der Waals surface area contributed by atoms with Crippen LogP contribution in [-0.2, 0) is 6.54 Å². The van der Waals surface area contributed by atoms with Gasteiger partial charge in [0.1, 0.15) is 18.7 Å². The Balaban J connectivity index is 1.42. The predicted molar refractivity (Wildman–Crippen MR) is 145 cm³/mol. The van der Waals surface area contributed by atoms with Gasteiger partial charge in [0, 0.05) is 24.8 Å². The van der Waals surface area contributed by atoms with Gasteiger partial charge < -0.3 is 14.5 Å². The first-order valence-corrected chi connectivity index (χ1v) is 13.1. The lowest BCUT2D eigenvalue weighted by molar-refractivity contribution is 0.0726. The first-order chi connectivity index (χ1) is 18.1. The van der Waals surface area contributed by atoms with Crippen LogP contribution in [0.15, 0.2) is 73.2 Å². The largest absolute Gasteiger partial charge is 0.491 e. The van der Waals surface area contributed by atoms with Gasteiger partial charge in [-0.25, -0.2) is 0 Å². The maximum absolute atomic E-state index is 13.7. The van der Waals surface area contributed by atoms with Gasteiger partial charge in [0.25, 0.3) is 5.91 Å². The Bertz CT molecular complexity index is 1340. The number of hydrogen-bond donors (Lipinski definition) is 0. The molecule has 1 unspecified atom stereocenters. The summed E-state index contributed by atoms with van der Waals surface area (Å²) in [5.41, 5.74) is 4.92. The van der Waals surface area contributed by atoms with Crippen LogP contribution in [-0.4, -0.2) is 63.6 Å². The van der Waals surface area contributed by atoms with E-state index in [2.05, 4.69) is 77.6 Å². The second kappa shape index (κ2) is 11.6. The summed E-state index contributed by atoms with van der Waals surface area (Å²) in [5.74, 6) is 1.30. The Morgan fingerprint density at radius 2 is 1.86 bits per heavy atom. The number of amides is 1. The maximum atomic E-state index is 13.7. The first-order valence-electron chi connectivity index (χ1n) is 13.1. The van der Waals surface area contributed by atoms with Crippen LogP contribution >= 0.6 is 0 Å². The maximum Gasteiger partial charge on any atom is 0.257 e. The SMILES string of the molecule is Cc1ccc2c(c1)CN(C)CCC(c1ccccc1)CCCN(C(=O)c1cccn3cnnc13)CCO2. The Morgan fingerprint density at radius 1 is 1.00 bits per heavy atom. The summed E-state index contributed by atoms with van der Waals surface area (Å²) in [6.07, 6.45) is 6.49. The lowest BCUT2D eigenvalue weighted by Crippen LogP contribution is -2.36. The van der Waals surface area contributed by atoms with Crippen molar-refractivity contribution >= 4 is 11.6 Å². The van der Waals surface area contributed by atoms with Crippen LogP contribution in [0, 0.1) is 6.92 Å². The van der Waals surface area contributed by atoms with E-state index in [1.54, 1.807) is 10.7 Å². The fourth-order valence-electron chi connectivity index (χ4n) is 5.22. The number of hydrogen-bond acceptors (Lipinski definition) is 5. The Labute approximate surface area is 218 Å². The Morgan fingerprint density at radius 3 is 2.73 bits per heavy atom. The lowest BCUT2D eigenvalue weighted by atomic mass is 9.91. The Hall–Kier alpha value is -3.71. The van der Waals surface area contributed by atoms with E-state index >= 15 is 0 Å². The molecule has 1 aliphatic heterocycles. The van der Waals surface area contributed by atoms with Crippen molar-refractivity contribution in [3.8, 4) is 5.75 Å². The molecule has 1 atom stereocenters. The molecular formula is C30H35N5O2. The third-order valence-corrected chi connectivity index (χ3v) is 7.23. The van der Waals surface area contributed by atoms with E-state index in [-0.39, 0.29) is 5.91 Å². The van der Waals surface area contributed by atoms with E-state index < -0.39 is 0 Å². The van der Waals surface area contributed by atoms with E-state index in [9.17, 15) is 4.79 Å². The zero-order valence-corrected chi connectivity index (χ0v) is 21.7. The predicted octanol–water partition coefficient (Wildman–Crippen LogP) is 4.96. The van der Waals surface area contributed by atoms with E-state index in [0.717, 1.165) is 38.1 Å². The van der Waals surface area contributed by atoms with Crippen LogP contribution in [0.4, 0.5) is 0 Å². The molecule has 1 amide bonds. The molecule has 0 saturated carbocycles. The standard InChI is InChI=1S/C30H35N5O2/c1-23-12-13-28-26(20-23)21-33(2)17-14-25(24-8-4-3-5-9-24)10-6-15-34(18-19-37-28)30(36)27-11-7-16-35-22-31-32-29(27)35/h3-5,7-9,11-13,16,20,22,25H,6,10,14-15,17-19,21H2,1-2H3. The summed E-state index contributed by atoms with van der Waals surface area (Å²) in [5, 5.41) is 8.17. The molecular weight excluding hydrogens is 462 g/mol. The molecule has 0 N–H and O–H groups in total. The van der Waals surface area contributed by atoms with E-state index in [1.807, 2.05) is 23.2 Å². The van der Waals surface area contributed by atoms with E-state index in [1.165, 1.54) is 16.7 Å². The molecule has 3 heterocycles. The van der Waals surface area contributed by atoms with Crippen molar-refractivity contribution in [1.29, 1.82) is 0 Å². The average Bonchev–Trinajstić information content (AvgIpc) is 3.40. The molecule has 0 radical (unpaired) electrons. The second-order valence-electron chi connectivity index (χ2n) is 10.0. The fraction of sp³-hybridized carbons (Fsp3) is 0.367. The van der Waals surface area contributed by atoms with Crippen LogP contribution in [0.1, 0.15) is 52.2 Å². The molecule has 0 aliphatic carbocycles. The zero-order chi connectivity index (χ0) is 25.6. The zero-order valence-electron chi connectivity index (χ0n) is 21.7. The summed E-state index contributed by atoms with van der Waals surface area (Å²) in [6.45, 7) is 5.54. The molecule has 0 fully saturated rings. The van der Waals surface area contributed by atoms with Crippen molar-refractivity contribution in [1.82, 2.24) is 24.4 Å². The van der Waals surface area contributed by atoms with Crippen LogP contribution in [0.2, 0.25) is 0 Å². The third-order valence-electron chi connectivity index (χ3n) is 7.23. The minimum absolute atomic E-state index is 0.0329. The molecule has 5 rings (SSSR count). The molecule has 1 aliphatic rings. The highest BCUT2D eigenvalue weighted by atomic mass is 16.5. The van der Waals surface area contributed by atoms with Crippen molar-refractivity contribution < 1.29 is 9.53 Å². The monoisotopic (exact) mass is 497 g/mol. The number of benzene rings is 2. The van der Waals surface area contributed by atoms with Gasteiger partial charge in [-0.05, 0) is 69.5 Å². The van der Waals surface area contributed by atoms with E-state index in [4.69, 9.17) is 4.74 Å². The van der Waals surface area contributed by atoms with Crippen LogP contribution in [0.25, 0.3) is 5.65 Å². The normalized spacial score (nSPS) is 18.1. The first kappa shape index (κ1) is 25.0. The molecule has 192 valence electrons. The van der Waals surface area contributed by atoms with Crippen LogP contribution in [0.3, 0.4) is 0 Å². The van der Waals surface area contributed by atoms with Crippen LogP contribution in [0.5, 0.6) is 5.75 Å². The van der Waals surface area contributed by atoms with Gasteiger partial charge in [-0.15, -0.1) is 10.2 Å². The highest BCUT2D eigenvalue weighted by Crippen LogP contribution is 2.27. The molecule has 2 aromatic heterocycles. The number of nitrogens with zero attached hydrogens (tertiary/aromatic N) is 5. The van der Waals surface area contributed by atoms with Crippen molar-refractivity contribution in [3.63, 3.8) is 0 Å². The van der Waals surface area contributed by atoms with Gasteiger partial charge in [0.2, 0.25) is 0 Å². The molecule has 0 bridgehead atoms. The van der Waals surface area contributed by atoms with Crippen molar-refractivity contribution in [3.05, 3.63) is 95.4 Å². The highest BCUT2D eigenvalue weighted by Gasteiger charge is 2.22. The quantitative estimate of drug-likeness (QED) is 0.392. The third kappa shape index (κ3) is 6.00. The van der Waals surface area contributed by atoms with Gasteiger partial charge in [-0.3, -0.25) is 9.20 Å². The number of carbonyl (C=O) groups excluding carboxylic acids is 1. The molecule has 7 heteroatoms. The van der Waals surface area contributed by atoms with Crippen molar-refractivity contribution in [2.45, 2.75) is 38.6 Å². The molecule has 0 spiro atoms. The average molecular weight is 498 g/mol. The molecule has 4 aromatic rings. The van der Waals surface area contributed by atoms with Gasteiger partial charge in [-0.1, -0.05) is 48.0 Å². The summed E-state index contributed by atoms with van der Waals surface area (Å²) in [7, 11) is 2.19. The number of pyridine rings is 1. The number of aromatic nitrogens is 3. The minimum atomic E-state index is -0.0329. The number of ether oxygens (including phenoxy) is 1. The topological polar surface area (TPSA) is 63.0 Å². The van der Waals surface area contributed by atoms with Gasteiger partial charge in [-0.2, -0.15) is 0 Å². The second-order valence-corrected chi connectivity index (χ2v) is 10.0. The number of carbonyl (C=O) groups is 1. The lowest BCUT2D eigenvalue weighted by Gasteiger charge is -2.27. The molecule has 2 aromatic carbocycles.